The van der Waals surface area contributed by atoms with E-state index in [-0.39, 0.29) is 0 Å². The molecule has 0 aliphatic heterocycles. The quantitative estimate of drug-likeness (QED) is 0.497. The zero-order valence-electron chi connectivity index (χ0n) is 11.7. The number of hydrogen-bond donors (Lipinski definition) is 0. The summed E-state index contributed by atoms with van der Waals surface area (Å²) in [4.78, 5) is 0. The molecular weight excluding hydrogens is 260 g/mol. The molecule has 0 N–H and O–H groups in total. The number of fused-ring (bicyclic) bond motifs is 3. The maximum Gasteiger partial charge on any atom is 0.136 e. The van der Waals surface area contributed by atoms with Crippen molar-refractivity contribution in [1.82, 2.24) is 0 Å². The van der Waals surface area contributed by atoms with Gasteiger partial charge in [-0.1, -0.05) is 36.4 Å². The smallest absolute Gasteiger partial charge is 0.136 e. The fourth-order valence-corrected chi connectivity index (χ4v) is 2.71. The molecule has 0 unspecified atom stereocenters. The van der Waals surface area contributed by atoms with Gasteiger partial charge in [-0.15, -0.1) is 0 Å². The summed E-state index contributed by atoms with van der Waals surface area (Å²) in [5, 5.41) is 2.31. The molecule has 0 atom stereocenters. The average Bonchev–Trinajstić information content (AvgIpc) is 2.92. The van der Waals surface area contributed by atoms with Gasteiger partial charge < -0.3 is 9.15 Å². The summed E-state index contributed by atoms with van der Waals surface area (Å²) in [6.45, 7) is 0. The van der Waals surface area contributed by atoms with E-state index in [2.05, 4.69) is 30.3 Å². The van der Waals surface area contributed by atoms with E-state index in [1.54, 1.807) is 7.11 Å². The molecule has 102 valence electrons. The van der Waals surface area contributed by atoms with Gasteiger partial charge in [0.15, 0.2) is 0 Å². The minimum Gasteiger partial charge on any atom is -0.497 e. The molecule has 0 radical (unpaired) electrons. The maximum absolute atomic E-state index is 5.94. The van der Waals surface area contributed by atoms with Gasteiger partial charge in [-0.05, 0) is 41.5 Å². The Labute approximate surface area is 122 Å². The molecule has 0 saturated heterocycles. The van der Waals surface area contributed by atoms with Crippen LogP contribution in [0.15, 0.2) is 71.1 Å². The molecule has 0 aliphatic rings. The van der Waals surface area contributed by atoms with Crippen LogP contribution in [-0.2, 0) is 0 Å². The zero-order valence-corrected chi connectivity index (χ0v) is 11.7. The Morgan fingerprint density at radius 2 is 1.52 bits per heavy atom. The van der Waals surface area contributed by atoms with Crippen LogP contribution < -0.4 is 4.74 Å². The maximum atomic E-state index is 5.94. The molecule has 3 aromatic carbocycles. The van der Waals surface area contributed by atoms with Crippen LogP contribution in [0, 0.1) is 0 Å². The molecule has 4 rings (SSSR count). The van der Waals surface area contributed by atoms with Crippen molar-refractivity contribution in [1.29, 1.82) is 0 Å². The summed E-state index contributed by atoms with van der Waals surface area (Å²) in [5.41, 5.74) is 4.09. The first-order valence-corrected chi connectivity index (χ1v) is 6.91. The van der Waals surface area contributed by atoms with Crippen LogP contribution in [0.5, 0.6) is 5.75 Å². The van der Waals surface area contributed by atoms with Gasteiger partial charge in [0.25, 0.3) is 0 Å². The summed E-state index contributed by atoms with van der Waals surface area (Å²) in [6.07, 6.45) is 0. The molecule has 2 heteroatoms. The third kappa shape index (κ3) is 1.96. The third-order valence-electron chi connectivity index (χ3n) is 3.78. The topological polar surface area (TPSA) is 22.4 Å². The SMILES string of the molecule is COc1cccc(-c2ccc3c(c2)oc2ccccc23)c1. The van der Waals surface area contributed by atoms with Crippen LogP contribution in [-0.4, -0.2) is 7.11 Å². The van der Waals surface area contributed by atoms with Gasteiger partial charge in [0.2, 0.25) is 0 Å². The Kier molecular flexibility index (Phi) is 2.68. The van der Waals surface area contributed by atoms with Gasteiger partial charge in [0, 0.05) is 10.8 Å². The van der Waals surface area contributed by atoms with Gasteiger partial charge >= 0.3 is 0 Å². The summed E-state index contributed by atoms with van der Waals surface area (Å²) in [7, 11) is 1.68. The summed E-state index contributed by atoms with van der Waals surface area (Å²) in [5.74, 6) is 0.859. The van der Waals surface area contributed by atoms with Crippen molar-refractivity contribution < 1.29 is 9.15 Å². The average molecular weight is 274 g/mol. The van der Waals surface area contributed by atoms with Gasteiger partial charge in [-0.3, -0.25) is 0 Å². The van der Waals surface area contributed by atoms with Gasteiger partial charge in [-0.25, -0.2) is 0 Å². The van der Waals surface area contributed by atoms with Crippen LogP contribution in [0.4, 0.5) is 0 Å². The van der Waals surface area contributed by atoms with Crippen LogP contribution in [0.3, 0.4) is 0 Å². The van der Waals surface area contributed by atoms with E-state index in [0.29, 0.717) is 0 Å². The van der Waals surface area contributed by atoms with Crippen molar-refractivity contribution in [3.05, 3.63) is 66.7 Å². The molecule has 0 aliphatic carbocycles. The second-order valence-electron chi connectivity index (χ2n) is 5.04. The first-order chi connectivity index (χ1) is 10.3. The Balaban J connectivity index is 1.92. The lowest BCUT2D eigenvalue weighted by Gasteiger charge is -2.04. The van der Waals surface area contributed by atoms with E-state index in [9.17, 15) is 0 Å². The van der Waals surface area contributed by atoms with Gasteiger partial charge in [0.05, 0.1) is 7.11 Å². The van der Waals surface area contributed by atoms with E-state index < -0.39 is 0 Å². The van der Waals surface area contributed by atoms with Crippen LogP contribution in [0.2, 0.25) is 0 Å². The standard InChI is InChI=1S/C19H14O2/c1-20-15-6-4-5-13(11-15)14-9-10-17-16-7-2-3-8-18(16)21-19(17)12-14/h2-12H,1H3. The second-order valence-corrected chi connectivity index (χ2v) is 5.04. The highest BCUT2D eigenvalue weighted by molar-refractivity contribution is 6.05. The van der Waals surface area contributed by atoms with Crippen molar-refractivity contribution in [2.75, 3.05) is 7.11 Å². The number of methoxy groups -OCH3 is 1. The van der Waals surface area contributed by atoms with Crippen LogP contribution in [0.25, 0.3) is 33.1 Å². The molecular formula is C19H14O2. The van der Waals surface area contributed by atoms with Crippen molar-refractivity contribution in [3.63, 3.8) is 0 Å². The molecule has 1 heterocycles. The Morgan fingerprint density at radius 3 is 2.43 bits per heavy atom. The fraction of sp³-hybridized carbons (Fsp3) is 0.0526. The summed E-state index contributed by atoms with van der Waals surface area (Å²) < 4.78 is 11.2. The zero-order chi connectivity index (χ0) is 14.2. The number of ether oxygens (including phenoxy) is 1. The highest BCUT2D eigenvalue weighted by atomic mass is 16.5. The van der Waals surface area contributed by atoms with Crippen LogP contribution >= 0.6 is 0 Å². The van der Waals surface area contributed by atoms with E-state index in [4.69, 9.17) is 9.15 Å². The van der Waals surface area contributed by atoms with E-state index in [1.165, 1.54) is 0 Å². The summed E-state index contributed by atoms with van der Waals surface area (Å²) >= 11 is 0. The number of hydrogen-bond acceptors (Lipinski definition) is 2. The number of rotatable bonds is 2. The largest absolute Gasteiger partial charge is 0.497 e. The van der Waals surface area contributed by atoms with Crippen molar-refractivity contribution >= 4 is 21.9 Å². The van der Waals surface area contributed by atoms with Crippen LogP contribution in [0.1, 0.15) is 0 Å². The third-order valence-corrected chi connectivity index (χ3v) is 3.78. The highest BCUT2D eigenvalue weighted by Gasteiger charge is 2.08. The van der Waals surface area contributed by atoms with Crippen molar-refractivity contribution in [2.24, 2.45) is 0 Å². The minimum atomic E-state index is 0.859. The first kappa shape index (κ1) is 12.0. The number of furan rings is 1. The van der Waals surface area contributed by atoms with Gasteiger partial charge in [0.1, 0.15) is 16.9 Å². The van der Waals surface area contributed by atoms with E-state index in [1.807, 2.05) is 36.4 Å². The molecule has 0 spiro atoms. The predicted molar refractivity (Wildman–Crippen MR) is 85.7 cm³/mol. The molecule has 0 saturated carbocycles. The lowest BCUT2D eigenvalue weighted by molar-refractivity contribution is 0.415. The Bertz CT molecular complexity index is 935. The van der Waals surface area contributed by atoms with E-state index >= 15 is 0 Å². The van der Waals surface area contributed by atoms with E-state index in [0.717, 1.165) is 38.8 Å². The molecule has 0 amide bonds. The Hall–Kier alpha value is -2.74. The summed E-state index contributed by atoms with van der Waals surface area (Å²) in [6, 6.07) is 22.5. The lowest BCUT2D eigenvalue weighted by atomic mass is 10.0. The predicted octanol–water partition coefficient (Wildman–Crippen LogP) is 5.26. The van der Waals surface area contributed by atoms with Crippen molar-refractivity contribution in [2.45, 2.75) is 0 Å². The molecule has 21 heavy (non-hydrogen) atoms. The number of para-hydroxylation sites is 1. The molecule has 0 bridgehead atoms. The molecule has 4 aromatic rings. The second kappa shape index (κ2) is 4.67. The fourth-order valence-electron chi connectivity index (χ4n) is 2.71. The molecule has 2 nitrogen and oxygen atoms in total. The number of benzene rings is 3. The molecule has 1 aromatic heterocycles. The lowest BCUT2D eigenvalue weighted by Crippen LogP contribution is -1.83. The minimum absolute atomic E-state index is 0.859. The highest BCUT2D eigenvalue weighted by Crippen LogP contribution is 2.32. The monoisotopic (exact) mass is 274 g/mol. The van der Waals surface area contributed by atoms with Gasteiger partial charge in [-0.2, -0.15) is 0 Å². The Morgan fingerprint density at radius 1 is 0.714 bits per heavy atom. The molecule has 0 fully saturated rings. The van der Waals surface area contributed by atoms with Crippen molar-refractivity contribution in [3.8, 4) is 16.9 Å². The first-order valence-electron chi connectivity index (χ1n) is 6.91. The normalized spacial score (nSPS) is 11.1.